The van der Waals surface area contributed by atoms with Gasteiger partial charge >= 0.3 is 6.03 Å². The van der Waals surface area contributed by atoms with E-state index in [1.54, 1.807) is 38.2 Å². The molecule has 0 radical (unpaired) electrons. The summed E-state index contributed by atoms with van der Waals surface area (Å²) in [4.78, 5) is 20.5. The van der Waals surface area contributed by atoms with Gasteiger partial charge in [-0.15, -0.1) is 0 Å². The highest BCUT2D eigenvalue weighted by atomic mass is 35.5. The third-order valence-corrected chi connectivity index (χ3v) is 5.71. The van der Waals surface area contributed by atoms with Crippen LogP contribution in [0.4, 0.5) is 36.5 Å². The van der Waals surface area contributed by atoms with Crippen molar-refractivity contribution in [3.8, 4) is 16.9 Å². The molecule has 2 heterocycles. The van der Waals surface area contributed by atoms with Crippen LogP contribution in [0.25, 0.3) is 11.1 Å². The van der Waals surface area contributed by atoms with Gasteiger partial charge in [0, 0.05) is 48.7 Å². The van der Waals surface area contributed by atoms with E-state index in [4.69, 9.17) is 16.3 Å². The molecule has 2 amide bonds. The summed E-state index contributed by atoms with van der Waals surface area (Å²) < 4.78 is 36.2. The minimum absolute atomic E-state index is 0.217. The van der Waals surface area contributed by atoms with Gasteiger partial charge in [-0.25, -0.2) is 18.6 Å². The lowest BCUT2D eigenvalue weighted by Crippen LogP contribution is -2.41. The Balaban J connectivity index is 1.95. The number of nitrogens with zero attached hydrogens (tertiary/aromatic N) is 3. The summed E-state index contributed by atoms with van der Waals surface area (Å²) in [6.45, 7) is 3.06. The Hall–Kier alpha value is -3.43. The quantitative estimate of drug-likeness (QED) is 0.436. The molecule has 2 aromatic carbocycles. The molecule has 0 unspecified atom stereocenters. The monoisotopic (exact) mass is 487 g/mol. The number of pyridine rings is 1. The average molecular weight is 488 g/mol. The second-order valence-corrected chi connectivity index (χ2v) is 8.03. The van der Waals surface area contributed by atoms with Crippen molar-refractivity contribution in [2.24, 2.45) is 0 Å². The smallest absolute Gasteiger partial charge is 0.334 e. The minimum Gasteiger partial charge on any atom is -0.497 e. The molecule has 1 aliphatic heterocycles. The molecule has 0 fully saturated rings. The van der Waals surface area contributed by atoms with Gasteiger partial charge in [-0.1, -0.05) is 11.6 Å². The van der Waals surface area contributed by atoms with Crippen LogP contribution in [0.3, 0.4) is 0 Å². The number of urea groups is 1. The number of aromatic nitrogens is 1. The van der Waals surface area contributed by atoms with E-state index in [9.17, 15) is 4.79 Å². The predicted octanol–water partition coefficient (Wildman–Crippen LogP) is 5.42. The van der Waals surface area contributed by atoms with Crippen molar-refractivity contribution in [2.75, 3.05) is 48.9 Å². The summed E-state index contributed by atoms with van der Waals surface area (Å²) >= 11 is 6.22. The molecule has 0 bridgehead atoms. The Labute approximate surface area is 201 Å². The van der Waals surface area contributed by atoms with Gasteiger partial charge in [-0.2, -0.15) is 0 Å². The van der Waals surface area contributed by atoms with Crippen molar-refractivity contribution in [1.82, 2.24) is 10.3 Å². The molecule has 34 heavy (non-hydrogen) atoms. The fraction of sp³-hybridized carbons (Fsp3) is 0.250. The number of anilines is 4. The average Bonchev–Trinajstić information content (AvgIpc) is 2.91. The van der Waals surface area contributed by atoms with Crippen LogP contribution in [0.1, 0.15) is 6.92 Å². The first-order valence-electron chi connectivity index (χ1n) is 10.7. The number of halogens is 3. The number of ether oxygens (including phenoxy) is 1. The SMILES string of the molecule is CCN1C(=O)N(c2c(F)cc(NCCNC)cc2F)c2cc(OC)ccc2-c2cc(Cl)cnc21. The highest BCUT2D eigenvalue weighted by Gasteiger charge is 2.36. The maximum absolute atomic E-state index is 15.4. The Morgan fingerprint density at radius 2 is 1.82 bits per heavy atom. The minimum atomic E-state index is -0.887. The van der Waals surface area contributed by atoms with Crippen molar-refractivity contribution < 1.29 is 18.3 Å². The number of hydrogen-bond acceptors (Lipinski definition) is 5. The molecule has 0 atom stereocenters. The molecule has 1 aromatic heterocycles. The van der Waals surface area contributed by atoms with Gasteiger partial charge in [0.15, 0.2) is 11.6 Å². The Morgan fingerprint density at radius 3 is 2.47 bits per heavy atom. The number of rotatable bonds is 7. The van der Waals surface area contributed by atoms with Crippen molar-refractivity contribution in [3.63, 3.8) is 0 Å². The van der Waals surface area contributed by atoms with E-state index in [2.05, 4.69) is 15.6 Å². The number of fused-ring (bicyclic) bond motifs is 3. The van der Waals surface area contributed by atoms with Crippen molar-refractivity contribution in [3.05, 3.63) is 59.3 Å². The largest absolute Gasteiger partial charge is 0.497 e. The lowest BCUT2D eigenvalue weighted by molar-refractivity contribution is 0.253. The number of hydrogen-bond donors (Lipinski definition) is 2. The van der Waals surface area contributed by atoms with Crippen LogP contribution in [-0.2, 0) is 0 Å². The van der Waals surface area contributed by atoms with Crippen molar-refractivity contribution in [2.45, 2.75) is 6.92 Å². The lowest BCUT2D eigenvalue weighted by atomic mass is 10.0. The van der Waals surface area contributed by atoms with Crippen LogP contribution in [0, 0.1) is 11.6 Å². The van der Waals surface area contributed by atoms with Gasteiger partial charge < -0.3 is 15.4 Å². The number of carbonyl (C=O) groups is 1. The van der Waals surface area contributed by atoms with Gasteiger partial charge in [-0.3, -0.25) is 9.80 Å². The van der Waals surface area contributed by atoms with Gasteiger partial charge in [-0.05, 0) is 44.3 Å². The molecule has 178 valence electrons. The van der Waals surface area contributed by atoms with E-state index in [0.29, 0.717) is 40.8 Å². The third kappa shape index (κ3) is 4.24. The van der Waals surface area contributed by atoms with E-state index < -0.39 is 23.4 Å². The van der Waals surface area contributed by atoms with Gasteiger partial charge in [0.05, 0.1) is 17.8 Å². The highest BCUT2D eigenvalue weighted by molar-refractivity contribution is 6.31. The van der Waals surface area contributed by atoms with Crippen LogP contribution in [-0.4, -0.2) is 44.8 Å². The maximum Gasteiger partial charge on any atom is 0.334 e. The predicted molar refractivity (Wildman–Crippen MR) is 131 cm³/mol. The number of likely N-dealkylation sites (N-methyl/N-ethyl adjacent to an activating group) is 1. The van der Waals surface area contributed by atoms with E-state index in [1.165, 1.54) is 30.3 Å². The Bertz CT molecular complexity index is 1220. The van der Waals surface area contributed by atoms with E-state index in [0.717, 1.165) is 4.90 Å². The van der Waals surface area contributed by atoms with Crippen molar-refractivity contribution in [1.29, 1.82) is 0 Å². The number of benzene rings is 2. The summed E-state index contributed by atoms with van der Waals surface area (Å²) in [7, 11) is 3.25. The van der Waals surface area contributed by atoms with Crippen LogP contribution in [0.5, 0.6) is 5.75 Å². The van der Waals surface area contributed by atoms with Crippen LogP contribution >= 0.6 is 11.6 Å². The molecule has 1 aliphatic rings. The second-order valence-electron chi connectivity index (χ2n) is 7.59. The zero-order chi connectivity index (χ0) is 24.4. The first-order valence-corrected chi connectivity index (χ1v) is 11.1. The van der Waals surface area contributed by atoms with E-state index in [-0.39, 0.29) is 17.9 Å². The van der Waals surface area contributed by atoms with Gasteiger partial charge in [0.2, 0.25) is 0 Å². The molecule has 7 nitrogen and oxygen atoms in total. The number of nitrogens with one attached hydrogen (secondary N) is 2. The lowest BCUT2D eigenvalue weighted by Gasteiger charge is -2.28. The van der Waals surface area contributed by atoms with Gasteiger partial charge in [0.1, 0.15) is 17.3 Å². The molecule has 0 saturated heterocycles. The zero-order valence-corrected chi connectivity index (χ0v) is 19.7. The highest BCUT2D eigenvalue weighted by Crippen LogP contribution is 2.46. The van der Waals surface area contributed by atoms with E-state index in [1.807, 2.05) is 0 Å². The molecule has 0 aliphatic carbocycles. The summed E-state index contributed by atoms with van der Waals surface area (Å²) in [5.74, 6) is -1.01. The summed E-state index contributed by atoms with van der Waals surface area (Å²) in [6, 6.07) is 8.35. The van der Waals surface area contributed by atoms with E-state index >= 15 is 8.78 Å². The maximum atomic E-state index is 15.4. The summed E-state index contributed by atoms with van der Waals surface area (Å²) in [5, 5.41) is 6.28. The standard InChI is InChI=1S/C24H24ClF2N5O2/c1-4-31-23-18(9-14(25)13-30-23)17-6-5-16(34-3)12-21(17)32(24(31)33)22-19(26)10-15(11-20(22)27)29-8-7-28-2/h5-6,9-13,28-29H,4,7-8H2,1-3H3. The Morgan fingerprint density at radius 1 is 1.09 bits per heavy atom. The van der Waals surface area contributed by atoms with Crippen LogP contribution in [0.15, 0.2) is 42.6 Å². The van der Waals surface area contributed by atoms with Crippen molar-refractivity contribution >= 4 is 40.5 Å². The summed E-state index contributed by atoms with van der Waals surface area (Å²) in [6.07, 6.45) is 1.43. The molecular formula is C24H24ClF2N5O2. The number of carbonyl (C=O) groups excluding carboxylic acids is 1. The molecule has 10 heteroatoms. The summed E-state index contributed by atoms with van der Waals surface area (Å²) in [5.41, 5.74) is 1.13. The second kappa shape index (κ2) is 9.82. The van der Waals surface area contributed by atoms with Gasteiger partial charge in [0.25, 0.3) is 0 Å². The topological polar surface area (TPSA) is 69.7 Å². The third-order valence-electron chi connectivity index (χ3n) is 5.51. The van der Waals surface area contributed by atoms with Crippen LogP contribution in [0.2, 0.25) is 5.02 Å². The Kier molecular flexibility index (Phi) is 6.85. The first kappa shape index (κ1) is 23.7. The molecule has 0 saturated carbocycles. The fourth-order valence-corrected chi connectivity index (χ4v) is 4.08. The van der Waals surface area contributed by atoms with Crippen LogP contribution < -0.4 is 25.2 Å². The fourth-order valence-electron chi connectivity index (χ4n) is 3.93. The molecular weight excluding hydrogens is 464 g/mol. The first-order chi connectivity index (χ1) is 16.4. The molecule has 2 N–H and O–H groups in total. The molecule has 4 rings (SSSR count). The number of methoxy groups -OCH3 is 1. The molecule has 0 spiro atoms. The normalized spacial score (nSPS) is 12.8. The number of amides is 2. The zero-order valence-electron chi connectivity index (χ0n) is 19.0. The molecule has 3 aromatic rings.